The molecule has 1 aliphatic rings. The quantitative estimate of drug-likeness (QED) is 0.892. The molecule has 3 rings (SSSR count). The van der Waals surface area contributed by atoms with E-state index in [4.69, 9.17) is 11.6 Å². The minimum atomic E-state index is -0.0842. The van der Waals surface area contributed by atoms with Crippen molar-refractivity contribution in [3.8, 4) is 0 Å². The molecule has 1 aliphatic heterocycles. The van der Waals surface area contributed by atoms with Crippen LogP contribution in [0.4, 0.5) is 0 Å². The lowest BCUT2D eigenvalue weighted by Crippen LogP contribution is -2.45. The largest absolute Gasteiger partial charge is 0.348 e. The molecule has 0 saturated carbocycles. The molecule has 1 amide bonds. The molecule has 1 fully saturated rings. The molecule has 2 N–H and O–H groups in total. The summed E-state index contributed by atoms with van der Waals surface area (Å²) in [6.07, 6.45) is 3.78. The Balaban J connectivity index is 1.89. The van der Waals surface area contributed by atoms with E-state index in [1.165, 1.54) is 0 Å². The van der Waals surface area contributed by atoms with Crippen LogP contribution in [0.25, 0.3) is 10.9 Å². The number of piperidine rings is 1. The number of carbonyl (C=O) groups is 1. The number of aromatic nitrogens is 1. The molecule has 0 radical (unpaired) electrons. The van der Waals surface area contributed by atoms with Crippen molar-refractivity contribution in [3.63, 3.8) is 0 Å². The Morgan fingerprint density at radius 3 is 3.10 bits per heavy atom. The van der Waals surface area contributed by atoms with Gasteiger partial charge in [0.05, 0.1) is 16.1 Å². The topological polar surface area (TPSA) is 54.0 Å². The normalized spacial score (nSPS) is 18.9. The van der Waals surface area contributed by atoms with Gasteiger partial charge in [0.2, 0.25) is 0 Å². The molecule has 2 aromatic rings. The lowest BCUT2D eigenvalue weighted by molar-refractivity contribution is 0.0932. The summed E-state index contributed by atoms with van der Waals surface area (Å²) in [6.45, 7) is 1.85. The fraction of sp³-hybridized carbons (Fsp3) is 0.333. The first kappa shape index (κ1) is 13.3. The second kappa shape index (κ2) is 5.77. The monoisotopic (exact) mass is 289 g/mol. The molecule has 1 atom stereocenters. The van der Waals surface area contributed by atoms with Crippen molar-refractivity contribution in [2.45, 2.75) is 18.9 Å². The smallest absolute Gasteiger partial charge is 0.253 e. The molecule has 0 spiro atoms. The number of fused-ring (bicyclic) bond motifs is 1. The molecule has 1 aromatic carbocycles. The van der Waals surface area contributed by atoms with E-state index < -0.39 is 0 Å². The molecule has 104 valence electrons. The summed E-state index contributed by atoms with van der Waals surface area (Å²) in [5.41, 5.74) is 1.23. The number of amides is 1. The van der Waals surface area contributed by atoms with Gasteiger partial charge in [0.15, 0.2) is 0 Å². The number of halogens is 1. The summed E-state index contributed by atoms with van der Waals surface area (Å²) in [5, 5.41) is 7.77. The molecular weight excluding hydrogens is 274 g/mol. The lowest BCUT2D eigenvalue weighted by atomic mass is 10.1. The van der Waals surface area contributed by atoms with E-state index in [1.54, 1.807) is 18.3 Å². The Labute approximate surface area is 122 Å². The van der Waals surface area contributed by atoms with Crippen LogP contribution in [0.5, 0.6) is 0 Å². The summed E-state index contributed by atoms with van der Waals surface area (Å²) in [6, 6.07) is 7.37. The zero-order chi connectivity index (χ0) is 13.9. The second-order valence-electron chi connectivity index (χ2n) is 5.01. The van der Waals surface area contributed by atoms with Crippen LogP contribution in [0.3, 0.4) is 0 Å². The number of hydrogen-bond acceptors (Lipinski definition) is 3. The minimum absolute atomic E-state index is 0.0842. The van der Waals surface area contributed by atoms with Gasteiger partial charge in [0.1, 0.15) is 0 Å². The molecule has 5 heteroatoms. The average Bonchev–Trinajstić information content (AvgIpc) is 2.49. The summed E-state index contributed by atoms with van der Waals surface area (Å²) < 4.78 is 0. The predicted octanol–water partition coefficient (Wildman–Crippen LogP) is 2.37. The molecule has 2 heterocycles. The highest BCUT2D eigenvalue weighted by Gasteiger charge is 2.18. The van der Waals surface area contributed by atoms with Gasteiger partial charge in [0, 0.05) is 24.2 Å². The van der Waals surface area contributed by atoms with Gasteiger partial charge in [-0.3, -0.25) is 9.78 Å². The maximum Gasteiger partial charge on any atom is 0.253 e. The lowest BCUT2D eigenvalue weighted by Gasteiger charge is -2.24. The number of benzene rings is 1. The molecular formula is C15H16ClN3O. The zero-order valence-electron chi connectivity index (χ0n) is 11.0. The maximum absolute atomic E-state index is 12.4. The van der Waals surface area contributed by atoms with Crippen LogP contribution in [-0.2, 0) is 0 Å². The van der Waals surface area contributed by atoms with Crippen LogP contribution in [0.15, 0.2) is 30.5 Å². The van der Waals surface area contributed by atoms with Gasteiger partial charge in [-0.2, -0.15) is 0 Å². The zero-order valence-corrected chi connectivity index (χ0v) is 11.8. The van der Waals surface area contributed by atoms with Crippen molar-refractivity contribution in [2.24, 2.45) is 0 Å². The van der Waals surface area contributed by atoms with E-state index in [-0.39, 0.29) is 11.9 Å². The van der Waals surface area contributed by atoms with E-state index in [9.17, 15) is 4.79 Å². The van der Waals surface area contributed by atoms with Gasteiger partial charge < -0.3 is 10.6 Å². The summed E-state index contributed by atoms with van der Waals surface area (Å²) in [5.74, 6) is -0.0842. The Hall–Kier alpha value is -1.65. The van der Waals surface area contributed by atoms with Crippen molar-refractivity contribution in [1.82, 2.24) is 15.6 Å². The first-order chi connectivity index (χ1) is 9.75. The van der Waals surface area contributed by atoms with Crippen molar-refractivity contribution in [1.29, 1.82) is 0 Å². The number of hydrogen-bond donors (Lipinski definition) is 2. The molecule has 1 saturated heterocycles. The van der Waals surface area contributed by atoms with Gasteiger partial charge >= 0.3 is 0 Å². The van der Waals surface area contributed by atoms with Gasteiger partial charge in [-0.1, -0.05) is 11.6 Å². The van der Waals surface area contributed by atoms with Gasteiger partial charge in [-0.15, -0.1) is 0 Å². The van der Waals surface area contributed by atoms with Crippen molar-refractivity contribution in [2.75, 3.05) is 13.1 Å². The summed E-state index contributed by atoms with van der Waals surface area (Å²) in [7, 11) is 0. The third-order valence-electron chi connectivity index (χ3n) is 3.59. The first-order valence-corrected chi connectivity index (χ1v) is 7.18. The Morgan fingerprint density at radius 2 is 2.30 bits per heavy atom. The third-order valence-corrected chi connectivity index (χ3v) is 3.92. The van der Waals surface area contributed by atoms with E-state index >= 15 is 0 Å². The SMILES string of the molecule is O=C(N[C@H]1CCCNC1)c1ccc(Cl)c2cccnc12. The van der Waals surface area contributed by atoms with Crippen LogP contribution in [0.1, 0.15) is 23.2 Å². The minimum Gasteiger partial charge on any atom is -0.348 e. The van der Waals surface area contributed by atoms with E-state index in [1.807, 2.05) is 12.1 Å². The van der Waals surface area contributed by atoms with Gasteiger partial charge in [0.25, 0.3) is 5.91 Å². The average molecular weight is 290 g/mol. The fourth-order valence-corrected chi connectivity index (χ4v) is 2.77. The Morgan fingerprint density at radius 1 is 1.40 bits per heavy atom. The highest BCUT2D eigenvalue weighted by Crippen LogP contribution is 2.24. The standard InChI is InChI=1S/C15H16ClN3O/c16-13-6-5-12(14-11(13)4-2-8-18-14)15(20)19-10-3-1-7-17-9-10/h2,4-6,8,10,17H,1,3,7,9H2,(H,19,20)/t10-/m0/s1. The number of nitrogens with zero attached hydrogens (tertiary/aromatic N) is 1. The number of nitrogens with one attached hydrogen (secondary N) is 2. The number of carbonyl (C=O) groups excluding carboxylic acids is 1. The Kier molecular flexibility index (Phi) is 3.85. The van der Waals surface area contributed by atoms with Crippen LogP contribution >= 0.6 is 11.6 Å². The molecule has 20 heavy (non-hydrogen) atoms. The van der Waals surface area contributed by atoms with E-state index in [2.05, 4.69) is 15.6 Å². The van der Waals surface area contributed by atoms with Crippen LogP contribution in [0.2, 0.25) is 5.02 Å². The molecule has 1 aromatic heterocycles. The van der Waals surface area contributed by atoms with Gasteiger partial charge in [-0.25, -0.2) is 0 Å². The van der Waals surface area contributed by atoms with E-state index in [0.29, 0.717) is 16.1 Å². The summed E-state index contributed by atoms with van der Waals surface area (Å²) >= 11 is 6.14. The number of pyridine rings is 1. The molecule has 4 nitrogen and oxygen atoms in total. The highest BCUT2D eigenvalue weighted by molar-refractivity contribution is 6.36. The second-order valence-corrected chi connectivity index (χ2v) is 5.42. The van der Waals surface area contributed by atoms with Crippen LogP contribution < -0.4 is 10.6 Å². The Bertz CT molecular complexity index is 638. The predicted molar refractivity (Wildman–Crippen MR) is 80.1 cm³/mol. The fourth-order valence-electron chi connectivity index (χ4n) is 2.56. The van der Waals surface area contributed by atoms with Crippen molar-refractivity contribution >= 4 is 28.4 Å². The molecule has 0 unspecified atom stereocenters. The summed E-state index contributed by atoms with van der Waals surface area (Å²) in [4.78, 5) is 16.7. The van der Waals surface area contributed by atoms with E-state index in [0.717, 1.165) is 31.3 Å². The maximum atomic E-state index is 12.4. The van der Waals surface area contributed by atoms with Crippen LogP contribution in [0, 0.1) is 0 Å². The van der Waals surface area contributed by atoms with Crippen molar-refractivity contribution < 1.29 is 4.79 Å². The van der Waals surface area contributed by atoms with Crippen molar-refractivity contribution in [3.05, 3.63) is 41.0 Å². The van der Waals surface area contributed by atoms with Crippen LogP contribution in [-0.4, -0.2) is 30.0 Å². The molecule has 0 bridgehead atoms. The van der Waals surface area contributed by atoms with Gasteiger partial charge in [-0.05, 0) is 43.7 Å². The highest BCUT2D eigenvalue weighted by atomic mass is 35.5. The number of rotatable bonds is 2. The third kappa shape index (κ3) is 2.62. The first-order valence-electron chi connectivity index (χ1n) is 6.80. The molecule has 0 aliphatic carbocycles.